The van der Waals surface area contributed by atoms with Crippen molar-refractivity contribution in [3.8, 4) is 0 Å². The zero-order valence-corrected chi connectivity index (χ0v) is 19.2. The second-order valence-electron chi connectivity index (χ2n) is 11.7. The third-order valence-corrected chi connectivity index (χ3v) is 10.0. The molecule has 30 heavy (non-hydrogen) atoms. The molecule has 0 amide bonds. The average molecular weight is 414 g/mol. The van der Waals surface area contributed by atoms with E-state index in [2.05, 4.69) is 11.9 Å². The van der Waals surface area contributed by atoms with Gasteiger partial charge in [0.1, 0.15) is 11.5 Å². The minimum absolute atomic E-state index is 0.155. The molecule has 0 bridgehead atoms. The number of aliphatic hydroxyl groups is 1. The number of ketones is 1. The van der Waals surface area contributed by atoms with Crippen LogP contribution < -0.4 is 0 Å². The maximum Gasteiger partial charge on any atom is 0.202 e. The van der Waals surface area contributed by atoms with Crippen LogP contribution in [0.4, 0.5) is 0 Å². The molecular weight excluding hydrogens is 374 g/mol. The summed E-state index contributed by atoms with van der Waals surface area (Å²) < 4.78 is 5.72. The van der Waals surface area contributed by atoms with E-state index in [1.807, 2.05) is 20.8 Å². The van der Waals surface area contributed by atoms with E-state index in [1.54, 1.807) is 0 Å². The Bertz CT molecular complexity index is 807. The smallest absolute Gasteiger partial charge is 0.202 e. The van der Waals surface area contributed by atoms with E-state index in [-0.39, 0.29) is 11.3 Å². The third kappa shape index (κ3) is 3.29. The van der Waals surface area contributed by atoms with Crippen molar-refractivity contribution in [2.24, 2.45) is 40.9 Å². The normalized spacial score (nSPS) is 45.5. The largest absolute Gasteiger partial charge is 0.445 e. The van der Waals surface area contributed by atoms with E-state index in [4.69, 9.17) is 4.42 Å². The second kappa shape index (κ2) is 7.18. The molecule has 8 atom stereocenters. The van der Waals surface area contributed by atoms with Crippen LogP contribution in [0.15, 0.2) is 4.42 Å². The van der Waals surface area contributed by atoms with Crippen LogP contribution in [0.5, 0.6) is 0 Å². The van der Waals surface area contributed by atoms with Gasteiger partial charge in [-0.05, 0) is 114 Å². The monoisotopic (exact) mass is 413 g/mol. The second-order valence-corrected chi connectivity index (χ2v) is 11.7. The van der Waals surface area contributed by atoms with Gasteiger partial charge < -0.3 is 9.52 Å². The summed E-state index contributed by atoms with van der Waals surface area (Å²) in [6.07, 6.45) is 10.8. The fourth-order valence-electron chi connectivity index (χ4n) is 8.50. The van der Waals surface area contributed by atoms with E-state index in [9.17, 15) is 9.90 Å². The minimum atomic E-state index is -0.446. The van der Waals surface area contributed by atoms with E-state index >= 15 is 0 Å². The fourth-order valence-corrected chi connectivity index (χ4v) is 8.50. The lowest BCUT2D eigenvalue weighted by Gasteiger charge is -2.56. The molecular formula is C26H39NO3. The molecule has 0 aliphatic heterocycles. The van der Waals surface area contributed by atoms with Gasteiger partial charge in [0, 0.05) is 5.92 Å². The maximum absolute atomic E-state index is 13.3. The summed E-state index contributed by atoms with van der Waals surface area (Å²) in [4.78, 5) is 17.8. The molecule has 0 saturated heterocycles. The summed E-state index contributed by atoms with van der Waals surface area (Å²) in [6.45, 7) is 8.33. The molecule has 0 radical (unpaired) electrons. The van der Waals surface area contributed by atoms with Crippen LogP contribution >= 0.6 is 0 Å². The molecule has 4 fully saturated rings. The highest BCUT2D eigenvalue weighted by Crippen LogP contribution is 2.64. The Morgan fingerprint density at radius 2 is 1.80 bits per heavy atom. The first-order chi connectivity index (χ1) is 14.2. The summed E-state index contributed by atoms with van der Waals surface area (Å²) in [6, 6.07) is 0. The number of carbonyl (C=O) groups excluding carboxylic acids is 1. The number of Topliss-reactive ketones (excluding diaryl/α,β-unsaturated/α-hetero) is 1. The highest BCUT2D eigenvalue weighted by Gasteiger charge is 2.58. The predicted molar refractivity (Wildman–Crippen MR) is 116 cm³/mol. The molecule has 5 rings (SSSR count). The number of hydrogen-bond acceptors (Lipinski definition) is 4. The maximum atomic E-state index is 13.3. The summed E-state index contributed by atoms with van der Waals surface area (Å²) in [5, 5.41) is 10.6. The number of fused-ring (bicyclic) bond motifs is 5. The number of hydrogen-bond donors (Lipinski definition) is 1. The summed E-state index contributed by atoms with van der Waals surface area (Å²) in [7, 11) is 0. The number of aromatic nitrogens is 1. The summed E-state index contributed by atoms with van der Waals surface area (Å²) in [5.74, 6) is 5.78. The molecule has 166 valence electrons. The molecule has 4 saturated carbocycles. The van der Waals surface area contributed by atoms with Gasteiger partial charge in [0.15, 0.2) is 0 Å². The Kier molecular flexibility index (Phi) is 4.96. The lowest BCUT2D eigenvalue weighted by atomic mass is 9.49. The SMILES string of the molecule is Cc1nc(CC(=O)[C@H]2CC[C@H]3[C@@H]4CC[C@@H]5C[C@](C)(O)CC[C@@H]5[C@H]4CC[C@]23C)oc1C. The molecule has 4 heteroatoms. The van der Waals surface area contributed by atoms with Gasteiger partial charge in [0.2, 0.25) is 5.89 Å². The summed E-state index contributed by atoms with van der Waals surface area (Å²) in [5.41, 5.74) is 0.609. The number of nitrogens with zero attached hydrogens (tertiary/aromatic N) is 1. The van der Waals surface area contributed by atoms with E-state index in [0.29, 0.717) is 24.0 Å². The van der Waals surface area contributed by atoms with Gasteiger partial charge in [0.25, 0.3) is 0 Å². The van der Waals surface area contributed by atoms with Gasteiger partial charge >= 0.3 is 0 Å². The number of rotatable bonds is 3. The first-order valence-electron chi connectivity index (χ1n) is 12.4. The van der Waals surface area contributed by atoms with E-state index < -0.39 is 5.60 Å². The van der Waals surface area contributed by atoms with Gasteiger partial charge in [-0.1, -0.05) is 6.92 Å². The zero-order valence-electron chi connectivity index (χ0n) is 19.2. The quantitative estimate of drug-likeness (QED) is 0.718. The van der Waals surface area contributed by atoms with Crippen molar-refractivity contribution in [1.29, 1.82) is 0 Å². The molecule has 4 aliphatic carbocycles. The molecule has 4 nitrogen and oxygen atoms in total. The van der Waals surface area contributed by atoms with Gasteiger partial charge in [0.05, 0.1) is 17.7 Å². The van der Waals surface area contributed by atoms with Crippen molar-refractivity contribution >= 4 is 5.78 Å². The van der Waals surface area contributed by atoms with Crippen LogP contribution in [0.2, 0.25) is 0 Å². The molecule has 0 spiro atoms. The van der Waals surface area contributed by atoms with Crippen molar-refractivity contribution in [3.05, 3.63) is 17.3 Å². The van der Waals surface area contributed by atoms with Crippen molar-refractivity contribution < 1.29 is 14.3 Å². The minimum Gasteiger partial charge on any atom is -0.445 e. The molecule has 1 aromatic rings. The van der Waals surface area contributed by atoms with Crippen molar-refractivity contribution in [2.45, 2.75) is 97.5 Å². The Balaban J connectivity index is 1.31. The topological polar surface area (TPSA) is 63.3 Å². The van der Waals surface area contributed by atoms with Crippen LogP contribution in [0.3, 0.4) is 0 Å². The highest BCUT2D eigenvalue weighted by atomic mass is 16.4. The van der Waals surface area contributed by atoms with E-state index in [1.165, 1.54) is 38.5 Å². The number of carbonyl (C=O) groups is 1. The summed E-state index contributed by atoms with van der Waals surface area (Å²) >= 11 is 0. The van der Waals surface area contributed by atoms with Crippen LogP contribution in [-0.2, 0) is 11.2 Å². The lowest BCUT2D eigenvalue weighted by molar-refractivity contribution is -0.132. The molecule has 1 N–H and O–H groups in total. The van der Waals surface area contributed by atoms with Crippen LogP contribution in [0.1, 0.15) is 89.0 Å². The van der Waals surface area contributed by atoms with Crippen molar-refractivity contribution in [3.63, 3.8) is 0 Å². The van der Waals surface area contributed by atoms with E-state index in [0.717, 1.165) is 54.4 Å². The van der Waals surface area contributed by atoms with Gasteiger partial charge in [-0.15, -0.1) is 0 Å². The lowest BCUT2D eigenvalue weighted by Crippen LogP contribution is -2.51. The van der Waals surface area contributed by atoms with Crippen LogP contribution in [0.25, 0.3) is 0 Å². The molecule has 0 aromatic carbocycles. The first kappa shape index (κ1) is 20.7. The fraction of sp³-hybridized carbons (Fsp3) is 0.846. The Labute approximate surface area is 181 Å². The first-order valence-corrected chi connectivity index (χ1v) is 12.4. The van der Waals surface area contributed by atoms with Gasteiger partial charge in [-0.2, -0.15) is 0 Å². The third-order valence-electron chi connectivity index (χ3n) is 10.0. The number of aryl methyl sites for hydroxylation is 2. The zero-order chi connectivity index (χ0) is 21.3. The van der Waals surface area contributed by atoms with Crippen molar-refractivity contribution in [2.75, 3.05) is 0 Å². The molecule has 4 aliphatic rings. The van der Waals surface area contributed by atoms with Crippen molar-refractivity contribution in [1.82, 2.24) is 4.98 Å². The van der Waals surface area contributed by atoms with Crippen LogP contribution in [-0.4, -0.2) is 21.5 Å². The standard InChI is InChI=1S/C26H39NO3/c1-15-16(2)30-24(27-15)13-23(28)22-8-7-21-20-6-5-17-14-25(3,29)11-9-18(17)19(20)10-12-26(21,22)4/h17-22,29H,5-14H2,1-4H3/t17-,18+,19-,20-,21+,22-,25-,26+/m1/s1. The van der Waals surface area contributed by atoms with Crippen LogP contribution in [0, 0.1) is 54.8 Å². The molecule has 1 heterocycles. The molecule has 0 unspecified atom stereocenters. The Morgan fingerprint density at radius 1 is 1.03 bits per heavy atom. The average Bonchev–Trinajstić information content (AvgIpc) is 3.19. The predicted octanol–water partition coefficient (Wildman–Crippen LogP) is 5.42. The molecule has 1 aromatic heterocycles. The van der Waals surface area contributed by atoms with Gasteiger partial charge in [-0.3, -0.25) is 4.79 Å². The Hall–Kier alpha value is -1.16. The number of oxazole rings is 1. The Morgan fingerprint density at radius 3 is 2.53 bits per heavy atom. The van der Waals surface area contributed by atoms with Gasteiger partial charge in [-0.25, -0.2) is 4.98 Å². The highest BCUT2D eigenvalue weighted by molar-refractivity contribution is 5.83.